The molecule has 132 valence electrons. The van der Waals surface area contributed by atoms with Crippen LogP contribution in [0.4, 0.5) is 0 Å². The second kappa shape index (κ2) is 7.74. The van der Waals surface area contributed by atoms with Gasteiger partial charge in [0.15, 0.2) is 0 Å². The van der Waals surface area contributed by atoms with Crippen LogP contribution < -0.4 is 5.32 Å². The van der Waals surface area contributed by atoms with Gasteiger partial charge in [-0.15, -0.1) is 0 Å². The van der Waals surface area contributed by atoms with Crippen LogP contribution in [0.1, 0.15) is 34.3 Å². The quantitative estimate of drug-likeness (QED) is 0.588. The van der Waals surface area contributed by atoms with Crippen molar-refractivity contribution in [2.24, 2.45) is 0 Å². The van der Waals surface area contributed by atoms with Gasteiger partial charge in [0.2, 0.25) is 5.91 Å². The first-order chi connectivity index (χ1) is 11.3. The first-order valence-corrected chi connectivity index (χ1v) is 7.98. The van der Waals surface area contributed by atoms with E-state index in [9.17, 15) is 19.8 Å². The minimum absolute atomic E-state index is 0.139. The highest BCUT2D eigenvalue weighted by Gasteiger charge is 2.33. The number of piperidine rings is 1. The lowest BCUT2D eigenvalue weighted by Crippen LogP contribution is -2.52. The average molecular weight is 336 g/mol. The van der Waals surface area contributed by atoms with Crippen molar-refractivity contribution >= 4 is 11.9 Å². The number of aromatic carboxylic acids is 1. The van der Waals surface area contributed by atoms with E-state index in [1.165, 1.54) is 6.07 Å². The van der Waals surface area contributed by atoms with Gasteiger partial charge in [-0.2, -0.15) is 0 Å². The monoisotopic (exact) mass is 336 g/mol. The number of carbonyl (C=O) groups is 2. The van der Waals surface area contributed by atoms with Gasteiger partial charge in [0.05, 0.1) is 18.7 Å². The molecule has 1 fully saturated rings. The zero-order chi connectivity index (χ0) is 17.7. The molecule has 2 rings (SSSR count). The van der Waals surface area contributed by atoms with Gasteiger partial charge in [-0.25, -0.2) is 4.79 Å². The number of aliphatic hydroxyl groups excluding tert-OH is 1. The highest BCUT2D eigenvalue weighted by molar-refractivity contribution is 5.88. The molecule has 1 aromatic rings. The van der Waals surface area contributed by atoms with Crippen LogP contribution >= 0.6 is 0 Å². The number of aliphatic hydroxyl groups is 2. The van der Waals surface area contributed by atoms with Crippen molar-refractivity contribution in [1.82, 2.24) is 10.2 Å². The molecule has 1 aliphatic heterocycles. The summed E-state index contributed by atoms with van der Waals surface area (Å²) in [5.41, 5.74) is 0.723. The highest BCUT2D eigenvalue weighted by atomic mass is 16.4. The van der Waals surface area contributed by atoms with Crippen LogP contribution in [0.5, 0.6) is 0 Å². The molecule has 1 atom stereocenters. The number of aryl methyl sites for hydroxylation is 1. The topological polar surface area (TPSA) is 110 Å². The zero-order valence-corrected chi connectivity index (χ0v) is 13.8. The number of rotatable bonds is 6. The number of carbonyl (C=O) groups excluding carboxylic acids is 1. The standard InChI is InChI=1S/C17H24N2O5/c1-12-3-4-13(16(22)23)7-14(12)8-18-15(21)9-19-6-2-5-17(24,10-19)11-20/h3-4,7,20,24H,2,5-6,8-11H2,1H3,(H,18,21)(H,22,23). The Kier molecular flexibility index (Phi) is 5.93. The number of nitrogens with zero attached hydrogens (tertiary/aromatic N) is 1. The molecule has 0 spiro atoms. The summed E-state index contributed by atoms with van der Waals surface area (Å²) in [4.78, 5) is 24.9. The van der Waals surface area contributed by atoms with Crippen molar-refractivity contribution in [3.63, 3.8) is 0 Å². The van der Waals surface area contributed by atoms with Gasteiger partial charge in [-0.1, -0.05) is 6.07 Å². The summed E-state index contributed by atoms with van der Waals surface area (Å²) < 4.78 is 0. The van der Waals surface area contributed by atoms with E-state index in [2.05, 4.69) is 5.32 Å². The lowest BCUT2D eigenvalue weighted by molar-refractivity contribution is -0.125. The predicted molar refractivity (Wildman–Crippen MR) is 87.7 cm³/mol. The van der Waals surface area contributed by atoms with E-state index in [0.717, 1.165) is 17.5 Å². The summed E-state index contributed by atoms with van der Waals surface area (Å²) >= 11 is 0. The third-order valence-electron chi connectivity index (χ3n) is 4.37. The fourth-order valence-electron chi connectivity index (χ4n) is 2.92. The lowest BCUT2D eigenvalue weighted by Gasteiger charge is -2.37. The van der Waals surface area contributed by atoms with Crippen LogP contribution in [0.15, 0.2) is 18.2 Å². The summed E-state index contributed by atoms with van der Waals surface area (Å²) in [5, 5.41) is 31.2. The molecule has 0 saturated carbocycles. The number of hydrogen-bond acceptors (Lipinski definition) is 5. The van der Waals surface area contributed by atoms with E-state index < -0.39 is 11.6 Å². The van der Waals surface area contributed by atoms with Crippen LogP contribution in [0.2, 0.25) is 0 Å². The largest absolute Gasteiger partial charge is 0.478 e. The molecule has 24 heavy (non-hydrogen) atoms. The molecule has 1 unspecified atom stereocenters. The number of benzene rings is 1. The Hall–Kier alpha value is -1.96. The van der Waals surface area contributed by atoms with E-state index in [0.29, 0.717) is 13.0 Å². The lowest BCUT2D eigenvalue weighted by atomic mass is 9.94. The first kappa shape index (κ1) is 18.4. The molecule has 1 aliphatic rings. The molecular formula is C17H24N2O5. The van der Waals surface area contributed by atoms with E-state index in [1.807, 2.05) is 11.8 Å². The van der Waals surface area contributed by atoms with Crippen molar-refractivity contribution in [3.8, 4) is 0 Å². The van der Waals surface area contributed by atoms with Gasteiger partial charge < -0.3 is 20.6 Å². The predicted octanol–water partition coefficient (Wildman–Crippen LogP) is 0.129. The maximum absolute atomic E-state index is 12.1. The number of hydrogen-bond donors (Lipinski definition) is 4. The normalized spacial score (nSPS) is 21.5. The Morgan fingerprint density at radius 2 is 2.12 bits per heavy atom. The van der Waals surface area contributed by atoms with Gasteiger partial charge in [-0.3, -0.25) is 9.69 Å². The Bertz CT molecular complexity index is 619. The van der Waals surface area contributed by atoms with Gasteiger partial charge in [0.1, 0.15) is 5.60 Å². The van der Waals surface area contributed by atoms with Crippen molar-refractivity contribution in [3.05, 3.63) is 34.9 Å². The van der Waals surface area contributed by atoms with Crippen LogP contribution in [0, 0.1) is 6.92 Å². The average Bonchev–Trinajstić information content (AvgIpc) is 2.54. The summed E-state index contributed by atoms with van der Waals surface area (Å²) in [6.45, 7) is 2.91. The Labute approximate surface area is 140 Å². The molecule has 4 N–H and O–H groups in total. The van der Waals surface area contributed by atoms with Crippen molar-refractivity contribution < 1.29 is 24.9 Å². The highest BCUT2D eigenvalue weighted by Crippen LogP contribution is 2.20. The molecule has 0 bridgehead atoms. The van der Waals surface area contributed by atoms with Crippen molar-refractivity contribution in [2.45, 2.75) is 31.9 Å². The molecule has 0 aromatic heterocycles. The van der Waals surface area contributed by atoms with Crippen molar-refractivity contribution in [2.75, 3.05) is 26.2 Å². The van der Waals surface area contributed by atoms with Crippen molar-refractivity contribution in [1.29, 1.82) is 0 Å². The number of amides is 1. The van der Waals surface area contributed by atoms with Crippen LogP contribution in [-0.4, -0.2) is 63.9 Å². The molecule has 1 aromatic carbocycles. The minimum atomic E-state index is -1.13. The fourth-order valence-corrected chi connectivity index (χ4v) is 2.92. The number of nitrogens with one attached hydrogen (secondary N) is 1. The van der Waals surface area contributed by atoms with Gasteiger partial charge in [0.25, 0.3) is 0 Å². The maximum Gasteiger partial charge on any atom is 0.335 e. The summed E-state index contributed by atoms with van der Waals surface area (Å²) in [5.74, 6) is -1.20. The second-order valence-corrected chi connectivity index (χ2v) is 6.42. The second-order valence-electron chi connectivity index (χ2n) is 6.42. The Morgan fingerprint density at radius 3 is 2.79 bits per heavy atom. The van der Waals surface area contributed by atoms with Gasteiger partial charge in [0, 0.05) is 13.1 Å². The molecule has 1 heterocycles. The van der Waals surface area contributed by atoms with E-state index in [1.54, 1.807) is 12.1 Å². The molecule has 7 nitrogen and oxygen atoms in total. The Balaban J connectivity index is 1.89. The van der Waals surface area contributed by atoms with E-state index >= 15 is 0 Å². The van der Waals surface area contributed by atoms with E-state index in [-0.39, 0.29) is 37.7 Å². The number of likely N-dealkylation sites (tertiary alicyclic amines) is 1. The molecule has 7 heteroatoms. The van der Waals surface area contributed by atoms with Crippen LogP contribution in [0.3, 0.4) is 0 Å². The number of carboxylic acids is 1. The number of carboxylic acid groups (broad SMARTS) is 1. The van der Waals surface area contributed by atoms with E-state index in [4.69, 9.17) is 5.11 Å². The summed E-state index contributed by atoms with van der Waals surface area (Å²) in [6, 6.07) is 4.81. The SMILES string of the molecule is Cc1ccc(C(=O)O)cc1CNC(=O)CN1CCCC(O)(CO)C1. The zero-order valence-electron chi connectivity index (χ0n) is 13.8. The van der Waals surface area contributed by atoms with Gasteiger partial charge in [-0.05, 0) is 49.6 Å². The smallest absolute Gasteiger partial charge is 0.335 e. The third kappa shape index (κ3) is 4.77. The Morgan fingerprint density at radius 1 is 1.38 bits per heavy atom. The van der Waals surface area contributed by atoms with Crippen LogP contribution in [0.25, 0.3) is 0 Å². The minimum Gasteiger partial charge on any atom is -0.478 e. The first-order valence-electron chi connectivity index (χ1n) is 7.98. The maximum atomic E-state index is 12.1. The number of β-amino-alcohol motifs (C(OH)–C–C–N with tert-alkyl or cyclic N) is 1. The van der Waals surface area contributed by atoms with Crippen LogP contribution in [-0.2, 0) is 11.3 Å². The molecule has 1 saturated heterocycles. The molecule has 1 amide bonds. The molecular weight excluding hydrogens is 312 g/mol. The summed E-state index contributed by atoms with van der Waals surface area (Å²) in [6.07, 6.45) is 1.26. The molecule has 0 aliphatic carbocycles. The fraction of sp³-hybridized carbons (Fsp3) is 0.529. The van der Waals surface area contributed by atoms with Gasteiger partial charge >= 0.3 is 5.97 Å². The summed E-state index contributed by atoms with van der Waals surface area (Å²) in [7, 11) is 0. The third-order valence-corrected chi connectivity index (χ3v) is 4.37. The molecule has 0 radical (unpaired) electrons.